The van der Waals surface area contributed by atoms with Crippen molar-refractivity contribution >= 4 is 27.5 Å². The van der Waals surface area contributed by atoms with E-state index in [1.54, 1.807) is 12.1 Å². The molecule has 2 amide bonds. The highest BCUT2D eigenvalue weighted by Crippen LogP contribution is 2.30. The molecule has 1 aromatic rings. The quantitative estimate of drug-likeness (QED) is 0.843. The molecule has 2 aliphatic rings. The number of nitrogens with one attached hydrogen (secondary N) is 1. The highest BCUT2D eigenvalue weighted by Gasteiger charge is 2.38. The van der Waals surface area contributed by atoms with Crippen LogP contribution < -0.4 is 5.32 Å². The molecule has 1 saturated carbocycles. The number of benzene rings is 1. The zero-order chi connectivity index (χ0) is 18.9. The molecule has 0 radical (unpaired) electrons. The highest BCUT2D eigenvalue weighted by atomic mass is 32.2. The summed E-state index contributed by atoms with van der Waals surface area (Å²) in [5, 5.41) is 2.80. The van der Waals surface area contributed by atoms with Crippen molar-refractivity contribution in [3.63, 3.8) is 0 Å². The van der Waals surface area contributed by atoms with Crippen LogP contribution in [0.3, 0.4) is 0 Å². The molecule has 0 unspecified atom stereocenters. The van der Waals surface area contributed by atoms with Crippen LogP contribution >= 0.6 is 0 Å². The van der Waals surface area contributed by atoms with Gasteiger partial charge >= 0.3 is 0 Å². The first kappa shape index (κ1) is 18.8. The van der Waals surface area contributed by atoms with Gasteiger partial charge in [-0.25, -0.2) is 12.7 Å². The van der Waals surface area contributed by atoms with E-state index in [1.807, 2.05) is 4.90 Å². The number of carbonyl (C=O) groups is 2. The van der Waals surface area contributed by atoms with E-state index in [9.17, 15) is 18.0 Å². The fourth-order valence-corrected chi connectivity index (χ4v) is 4.54. The maximum absolute atomic E-state index is 12.5. The molecule has 1 heterocycles. The Hall–Kier alpha value is -1.93. The van der Waals surface area contributed by atoms with Crippen LogP contribution in [0.4, 0.5) is 5.69 Å². The molecule has 0 aromatic heterocycles. The van der Waals surface area contributed by atoms with Gasteiger partial charge in [-0.05, 0) is 37.1 Å². The van der Waals surface area contributed by atoms with Crippen molar-refractivity contribution in [3.8, 4) is 0 Å². The largest absolute Gasteiger partial charge is 0.339 e. The normalized spacial score (nSPS) is 21.6. The van der Waals surface area contributed by atoms with E-state index >= 15 is 0 Å². The molecule has 1 aliphatic heterocycles. The fraction of sp³-hybridized carbons (Fsp3) is 0.556. The summed E-state index contributed by atoms with van der Waals surface area (Å²) in [4.78, 5) is 26.8. The van der Waals surface area contributed by atoms with Gasteiger partial charge in [-0.3, -0.25) is 9.59 Å². The van der Waals surface area contributed by atoms with Gasteiger partial charge in [0.25, 0.3) is 0 Å². The molecule has 3 rings (SSSR count). The summed E-state index contributed by atoms with van der Waals surface area (Å²) in [5.74, 6) is -0.486. The van der Waals surface area contributed by atoms with E-state index in [0.717, 1.165) is 30.0 Å². The molecular weight excluding hydrogens is 354 g/mol. The summed E-state index contributed by atoms with van der Waals surface area (Å²) >= 11 is 0. The number of nitrogens with zero attached hydrogens (tertiary/aromatic N) is 2. The maximum atomic E-state index is 12.5. The van der Waals surface area contributed by atoms with Crippen molar-refractivity contribution in [2.45, 2.75) is 43.0 Å². The molecule has 1 N–H and O–H groups in total. The van der Waals surface area contributed by atoms with Gasteiger partial charge in [-0.2, -0.15) is 0 Å². The number of hydrogen-bond donors (Lipinski definition) is 1. The minimum atomic E-state index is -3.49. The smallest absolute Gasteiger partial charge is 0.242 e. The van der Waals surface area contributed by atoms with Crippen LogP contribution in [-0.4, -0.2) is 56.1 Å². The van der Waals surface area contributed by atoms with Crippen LogP contribution in [0.5, 0.6) is 0 Å². The average Bonchev–Trinajstić information content (AvgIpc) is 3.24. The molecule has 1 atom stereocenters. The summed E-state index contributed by atoms with van der Waals surface area (Å²) < 4.78 is 25.3. The number of rotatable bonds is 5. The van der Waals surface area contributed by atoms with Gasteiger partial charge in [0.1, 0.15) is 0 Å². The molecular formula is C18H25N3O4S. The molecule has 1 aliphatic carbocycles. The monoisotopic (exact) mass is 379 g/mol. The SMILES string of the molecule is CN(C)S(=O)(=O)c1ccc(NC(=O)[C@@H]2CC(=O)N(C3CCCC3)C2)cc1. The second-order valence-corrected chi connectivity index (χ2v) is 9.34. The van der Waals surface area contributed by atoms with E-state index in [1.165, 1.54) is 26.2 Å². The van der Waals surface area contributed by atoms with Gasteiger partial charge in [0.2, 0.25) is 21.8 Å². The molecule has 0 bridgehead atoms. The van der Waals surface area contributed by atoms with E-state index in [-0.39, 0.29) is 35.1 Å². The first-order valence-corrected chi connectivity index (χ1v) is 10.4. The van der Waals surface area contributed by atoms with Crippen molar-refractivity contribution in [3.05, 3.63) is 24.3 Å². The number of sulfonamides is 1. The Morgan fingerprint density at radius 2 is 1.77 bits per heavy atom. The van der Waals surface area contributed by atoms with E-state index < -0.39 is 10.0 Å². The number of anilines is 1. The third-order valence-corrected chi connectivity index (χ3v) is 7.02. The summed E-state index contributed by atoms with van der Waals surface area (Å²) in [6, 6.07) is 6.36. The van der Waals surface area contributed by atoms with Gasteiger partial charge in [0.05, 0.1) is 10.8 Å². The predicted molar refractivity (Wildman–Crippen MR) is 98.0 cm³/mol. The Balaban J connectivity index is 1.62. The van der Waals surface area contributed by atoms with Gasteiger partial charge in [-0.15, -0.1) is 0 Å². The highest BCUT2D eigenvalue weighted by molar-refractivity contribution is 7.89. The van der Waals surface area contributed by atoms with Gasteiger partial charge in [0, 0.05) is 38.8 Å². The Morgan fingerprint density at radius 3 is 2.35 bits per heavy atom. The van der Waals surface area contributed by atoms with Gasteiger partial charge in [-0.1, -0.05) is 12.8 Å². The van der Waals surface area contributed by atoms with Gasteiger partial charge < -0.3 is 10.2 Å². The lowest BCUT2D eigenvalue weighted by atomic mass is 10.1. The molecule has 1 saturated heterocycles. The number of hydrogen-bond acceptors (Lipinski definition) is 4. The fourth-order valence-electron chi connectivity index (χ4n) is 3.64. The standard InChI is InChI=1S/C18H25N3O4S/c1-20(2)26(24,25)16-9-7-14(8-10-16)19-18(23)13-11-17(22)21(12-13)15-5-3-4-6-15/h7-10,13,15H,3-6,11-12H2,1-2H3,(H,19,23)/t13-/m1/s1. The molecule has 142 valence electrons. The van der Waals surface area contributed by atoms with Crippen LogP contribution in [0.15, 0.2) is 29.2 Å². The average molecular weight is 379 g/mol. The van der Waals surface area contributed by atoms with Crippen LogP contribution in [0.25, 0.3) is 0 Å². The zero-order valence-corrected chi connectivity index (χ0v) is 16.0. The minimum absolute atomic E-state index is 0.0597. The predicted octanol–water partition coefficient (Wildman–Crippen LogP) is 1.67. The maximum Gasteiger partial charge on any atom is 0.242 e. The van der Waals surface area contributed by atoms with Crippen molar-refractivity contribution < 1.29 is 18.0 Å². The van der Waals surface area contributed by atoms with Crippen molar-refractivity contribution in [1.82, 2.24) is 9.21 Å². The summed E-state index contributed by atoms with van der Waals surface area (Å²) in [7, 11) is -0.552. The van der Waals surface area contributed by atoms with Crippen molar-refractivity contribution in [1.29, 1.82) is 0 Å². The van der Waals surface area contributed by atoms with Gasteiger partial charge in [0.15, 0.2) is 0 Å². The lowest BCUT2D eigenvalue weighted by molar-refractivity contribution is -0.129. The van der Waals surface area contributed by atoms with Crippen LogP contribution in [0.2, 0.25) is 0 Å². The molecule has 2 fully saturated rings. The third kappa shape index (κ3) is 3.76. The molecule has 7 nitrogen and oxygen atoms in total. The third-order valence-electron chi connectivity index (χ3n) is 5.20. The summed E-state index contributed by atoms with van der Waals surface area (Å²) in [6.45, 7) is 0.475. The van der Waals surface area contributed by atoms with E-state index in [2.05, 4.69) is 5.32 Å². The number of likely N-dealkylation sites (tertiary alicyclic amines) is 1. The lowest BCUT2D eigenvalue weighted by Crippen LogP contribution is -2.35. The molecule has 8 heteroatoms. The van der Waals surface area contributed by atoms with E-state index in [0.29, 0.717) is 12.2 Å². The zero-order valence-electron chi connectivity index (χ0n) is 15.1. The van der Waals surface area contributed by atoms with Crippen molar-refractivity contribution in [2.24, 2.45) is 5.92 Å². The Bertz CT molecular complexity index is 783. The minimum Gasteiger partial charge on any atom is -0.339 e. The second-order valence-electron chi connectivity index (χ2n) is 7.19. The Morgan fingerprint density at radius 1 is 1.15 bits per heavy atom. The lowest BCUT2D eigenvalue weighted by Gasteiger charge is -2.23. The van der Waals surface area contributed by atoms with E-state index in [4.69, 9.17) is 0 Å². The van der Waals surface area contributed by atoms with Crippen LogP contribution in [0, 0.1) is 5.92 Å². The Kier molecular flexibility index (Phi) is 5.34. The first-order valence-electron chi connectivity index (χ1n) is 8.92. The molecule has 1 aromatic carbocycles. The second kappa shape index (κ2) is 7.36. The van der Waals surface area contributed by atoms with Crippen LogP contribution in [0.1, 0.15) is 32.1 Å². The molecule has 26 heavy (non-hydrogen) atoms. The molecule has 0 spiro atoms. The number of amides is 2. The first-order chi connectivity index (χ1) is 12.3. The van der Waals surface area contributed by atoms with Crippen molar-refractivity contribution in [2.75, 3.05) is 26.0 Å². The topological polar surface area (TPSA) is 86.8 Å². The number of carbonyl (C=O) groups excluding carboxylic acids is 2. The summed E-state index contributed by atoms with van der Waals surface area (Å²) in [6.07, 6.45) is 4.60. The van der Waals surface area contributed by atoms with Crippen LogP contribution in [-0.2, 0) is 19.6 Å². The summed E-state index contributed by atoms with van der Waals surface area (Å²) in [5.41, 5.74) is 0.527. The Labute approximate surface area is 154 Å².